The third-order valence-corrected chi connectivity index (χ3v) is 17.2. The molecule has 0 saturated carbocycles. The summed E-state index contributed by atoms with van der Waals surface area (Å²) >= 11 is 0. The highest BCUT2D eigenvalue weighted by Crippen LogP contribution is 2.38. The van der Waals surface area contributed by atoms with Crippen LogP contribution in [0.1, 0.15) is 348 Å². The maximum atomic E-state index is 12.9. The number of hydrogen-bond acceptors (Lipinski definition) is 8. The van der Waals surface area contributed by atoms with Crippen molar-refractivity contribution in [3.63, 3.8) is 0 Å². The van der Waals surface area contributed by atoms with Gasteiger partial charge < -0.3 is 27.9 Å². The highest BCUT2D eigenvalue weighted by molar-refractivity contribution is 7.45. The second-order valence-corrected chi connectivity index (χ2v) is 27.4. The van der Waals surface area contributed by atoms with Crippen molar-refractivity contribution in [2.45, 2.75) is 354 Å². The lowest BCUT2D eigenvalue weighted by Crippen LogP contribution is -2.37. The largest absolute Gasteiger partial charge is 0.756 e. The minimum absolute atomic E-state index is 0.0310. The molecule has 9 nitrogen and oxygen atoms in total. The lowest BCUT2D eigenvalue weighted by atomic mass is 10.0. The first-order valence-corrected chi connectivity index (χ1v) is 38.1. The van der Waals surface area contributed by atoms with Crippen molar-refractivity contribution in [2.75, 3.05) is 47.5 Å². The normalized spacial score (nSPS) is 13.5. The molecule has 0 aliphatic carbocycles. The lowest BCUT2D eigenvalue weighted by Gasteiger charge is -2.28. The van der Waals surface area contributed by atoms with E-state index in [9.17, 15) is 19.0 Å². The number of rotatable bonds is 68. The molecule has 86 heavy (non-hydrogen) atoms. The zero-order chi connectivity index (χ0) is 62.6. The van der Waals surface area contributed by atoms with Crippen molar-refractivity contribution >= 4 is 19.8 Å². The van der Waals surface area contributed by atoms with Crippen molar-refractivity contribution in [1.29, 1.82) is 0 Å². The van der Waals surface area contributed by atoms with Gasteiger partial charge in [-0.15, -0.1) is 0 Å². The van der Waals surface area contributed by atoms with Gasteiger partial charge in [-0.3, -0.25) is 14.2 Å². The molecule has 0 aliphatic rings. The molecule has 0 aliphatic heterocycles. The average molecular weight is 1230 g/mol. The van der Waals surface area contributed by atoms with Crippen LogP contribution in [-0.2, 0) is 32.7 Å². The summed E-state index contributed by atoms with van der Waals surface area (Å²) in [6.45, 7) is 4.26. The Hall–Kier alpha value is -2.55. The molecule has 0 rings (SSSR count). The molecule has 0 N–H and O–H groups in total. The fraction of sp³-hybridized carbons (Fsp3) is 0.816. The average Bonchev–Trinajstić information content (AvgIpc) is 3.64. The summed E-state index contributed by atoms with van der Waals surface area (Å²) < 4.78 is 34.4. The third-order valence-electron chi connectivity index (χ3n) is 16.2. The van der Waals surface area contributed by atoms with Crippen LogP contribution in [0.15, 0.2) is 72.9 Å². The molecule has 0 amide bonds. The minimum Gasteiger partial charge on any atom is -0.756 e. The number of ether oxygens (including phenoxy) is 2. The maximum Gasteiger partial charge on any atom is 0.306 e. The molecule has 0 aromatic heterocycles. The SMILES string of the molecule is CCCCCCC/C=C\C/C=C\C/C=C\CCCCCCCCCCCCCCCCCCC(=O)OCC(COP(=O)([O-])OCC[N+](C)(C)C)OC(=O)CCCCCCCCCCCCCCCCCC/C=C\C/C=C\C/C=C\CCCCCCC. The molecule has 0 aromatic rings. The first-order chi connectivity index (χ1) is 42.0. The number of carbonyl (C=O) groups excluding carboxylic acids is 2. The van der Waals surface area contributed by atoms with Gasteiger partial charge in [-0.05, 0) is 89.9 Å². The molecule has 502 valence electrons. The second-order valence-electron chi connectivity index (χ2n) is 26.0. The number of unbranched alkanes of at least 4 members (excludes halogenated alkanes) is 42. The molecular formula is C76H140NO8P. The van der Waals surface area contributed by atoms with E-state index in [4.69, 9.17) is 18.5 Å². The van der Waals surface area contributed by atoms with Crippen LogP contribution in [0.3, 0.4) is 0 Å². The van der Waals surface area contributed by atoms with Crippen molar-refractivity contribution in [1.82, 2.24) is 0 Å². The number of hydrogen-bond donors (Lipinski definition) is 0. The molecule has 0 spiro atoms. The van der Waals surface area contributed by atoms with Gasteiger partial charge in [0.25, 0.3) is 7.82 Å². The van der Waals surface area contributed by atoms with Crippen LogP contribution in [0.2, 0.25) is 0 Å². The summed E-state index contributed by atoms with van der Waals surface area (Å²) in [6.07, 6.45) is 89.9. The summed E-state index contributed by atoms with van der Waals surface area (Å²) in [5, 5.41) is 0. The van der Waals surface area contributed by atoms with Gasteiger partial charge in [0.05, 0.1) is 27.7 Å². The Morgan fingerprint density at radius 1 is 0.360 bits per heavy atom. The van der Waals surface area contributed by atoms with Gasteiger partial charge in [-0.25, -0.2) is 0 Å². The zero-order valence-electron chi connectivity index (χ0n) is 57.3. The van der Waals surface area contributed by atoms with Crippen molar-refractivity contribution in [2.24, 2.45) is 0 Å². The molecule has 2 atom stereocenters. The molecule has 10 heteroatoms. The number of allylic oxidation sites excluding steroid dienone is 12. The molecule has 0 aromatic carbocycles. The van der Waals surface area contributed by atoms with Crippen LogP contribution in [0.5, 0.6) is 0 Å². The quantitative estimate of drug-likeness (QED) is 0.0195. The maximum absolute atomic E-state index is 12.9. The summed E-state index contributed by atoms with van der Waals surface area (Å²) in [7, 11) is 1.18. The Morgan fingerprint density at radius 2 is 0.628 bits per heavy atom. The highest BCUT2D eigenvalue weighted by Gasteiger charge is 2.22. The fourth-order valence-electron chi connectivity index (χ4n) is 10.6. The van der Waals surface area contributed by atoms with Crippen LogP contribution in [0.4, 0.5) is 0 Å². The Balaban J connectivity index is 4.01. The Bertz CT molecular complexity index is 1680. The molecule has 0 radical (unpaired) electrons. The molecule has 0 bridgehead atoms. The lowest BCUT2D eigenvalue weighted by molar-refractivity contribution is -0.870. The number of carbonyl (C=O) groups is 2. The van der Waals surface area contributed by atoms with Crippen molar-refractivity contribution in [3.8, 4) is 0 Å². The Labute approximate surface area is 533 Å². The van der Waals surface area contributed by atoms with Crippen LogP contribution in [0, 0.1) is 0 Å². The van der Waals surface area contributed by atoms with E-state index in [-0.39, 0.29) is 32.0 Å². The summed E-state index contributed by atoms with van der Waals surface area (Å²) in [4.78, 5) is 38.1. The number of likely N-dealkylation sites (N-methyl/N-ethyl adjacent to an activating group) is 1. The molecule has 0 saturated heterocycles. The first kappa shape index (κ1) is 83.5. The third kappa shape index (κ3) is 70.5. The standard InChI is InChI=1S/C76H140NO8P/c1-6-8-10-12-14-16-18-20-22-24-26-28-30-32-34-36-38-40-42-44-46-48-50-52-54-56-58-60-62-64-66-68-75(78)82-72-74(73-84-86(80,81)83-71-70-77(3,4)5)85-76(79)69-67-65-63-61-59-57-55-53-51-49-47-45-43-41-39-37-35-33-31-29-27-25-23-21-19-17-15-13-11-9-7-2/h18-21,24-27,30-33,74H,6-17,22-23,28-29,34-73H2,1-5H3/b20-18-,21-19-,26-24-,27-25-,32-30-,33-31-. The van der Waals surface area contributed by atoms with Gasteiger partial charge in [-0.2, -0.15) is 0 Å². The Kier molecular flexibility index (Phi) is 64.9. The number of phosphoric ester groups is 1. The zero-order valence-corrected chi connectivity index (χ0v) is 58.2. The topological polar surface area (TPSA) is 111 Å². The monoisotopic (exact) mass is 1230 g/mol. The van der Waals surface area contributed by atoms with Crippen LogP contribution in [0.25, 0.3) is 0 Å². The molecular weight excluding hydrogens is 1090 g/mol. The smallest absolute Gasteiger partial charge is 0.306 e. The predicted octanol–water partition coefficient (Wildman–Crippen LogP) is 23.3. The van der Waals surface area contributed by atoms with E-state index >= 15 is 0 Å². The van der Waals surface area contributed by atoms with Crippen molar-refractivity contribution in [3.05, 3.63) is 72.9 Å². The first-order valence-electron chi connectivity index (χ1n) is 36.6. The van der Waals surface area contributed by atoms with E-state index in [1.807, 2.05) is 21.1 Å². The molecule has 0 fully saturated rings. The number of esters is 2. The van der Waals surface area contributed by atoms with Gasteiger partial charge in [0.15, 0.2) is 6.10 Å². The summed E-state index contributed by atoms with van der Waals surface area (Å²) in [5.74, 6) is -0.820. The van der Waals surface area contributed by atoms with Gasteiger partial charge in [-0.1, -0.05) is 318 Å². The van der Waals surface area contributed by atoms with Gasteiger partial charge >= 0.3 is 11.9 Å². The second kappa shape index (κ2) is 66.9. The Morgan fingerprint density at radius 3 is 0.930 bits per heavy atom. The summed E-state index contributed by atoms with van der Waals surface area (Å²) in [5.41, 5.74) is 0. The number of quaternary nitrogens is 1. The van der Waals surface area contributed by atoms with Gasteiger partial charge in [0.2, 0.25) is 0 Å². The van der Waals surface area contributed by atoms with Crippen LogP contribution < -0.4 is 4.89 Å². The van der Waals surface area contributed by atoms with Gasteiger partial charge in [0.1, 0.15) is 19.8 Å². The number of nitrogens with zero attached hydrogens (tertiary/aromatic N) is 1. The van der Waals surface area contributed by atoms with Crippen LogP contribution in [-0.4, -0.2) is 70.0 Å². The highest BCUT2D eigenvalue weighted by atomic mass is 31.2. The predicted molar refractivity (Wildman–Crippen MR) is 370 cm³/mol. The van der Waals surface area contributed by atoms with E-state index in [1.165, 1.54) is 250 Å². The van der Waals surface area contributed by atoms with Gasteiger partial charge in [0, 0.05) is 12.8 Å². The van der Waals surface area contributed by atoms with E-state index in [0.29, 0.717) is 17.4 Å². The minimum atomic E-state index is -4.64. The van der Waals surface area contributed by atoms with E-state index < -0.39 is 26.5 Å². The molecule has 2 unspecified atom stereocenters. The number of phosphoric acid groups is 1. The van der Waals surface area contributed by atoms with Crippen LogP contribution >= 0.6 is 7.82 Å². The fourth-order valence-corrected chi connectivity index (χ4v) is 11.3. The molecule has 0 heterocycles. The summed E-state index contributed by atoms with van der Waals surface area (Å²) in [6, 6.07) is 0. The van der Waals surface area contributed by atoms with E-state index in [1.54, 1.807) is 0 Å². The van der Waals surface area contributed by atoms with E-state index in [0.717, 1.165) is 64.2 Å². The van der Waals surface area contributed by atoms with E-state index in [2.05, 4.69) is 86.8 Å². The van der Waals surface area contributed by atoms with Crippen molar-refractivity contribution < 1.29 is 42.1 Å².